The van der Waals surface area contributed by atoms with E-state index in [2.05, 4.69) is 5.16 Å². The number of carbonyl (C=O) groups is 1. The van der Waals surface area contributed by atoms with Gasteiger partial charge in [0.1, 0.15) is 6.10 Å². The summed E-state index contributed by atoms with van der Waals surface area (Å²) in [5.74, 6) is -1.30. The van der Waals surface area contributed by atoms with Crippen molar-refractivity contribution in [2.75, 3.05) is 0 Å². The first-order chi connectivity index (χ1) is 13.6. The van der Waals surface area contributed by atoms with Crippen LogP contribution in [0.15, 0.2) is 53.7 Å². The van der Waals surface area contributed by atoms with Gasteiger partial charge in [0.15, 0.2) is 0 Å². The summed E-state index contributed by atoms with van der Waals surface area (Å²) in [6.45, 7) is 3.57. The smallest absolute Gasteiger partial charge is 0.416 e. The Balaban J connectivity index is 1.97. The fourth-order valence-electron chi connectivity index (χ4n) is 3.26. The molecule has 0 aliphatic carbocycles. The molecular weight excluding hydrogens is 387 g/mol. The Morgan fingerprint density at radius 1 is 1.21 bits per heavy atom. The van der Waals surface area contributed by atoms with Crippen molar-refractivity contribution < 1.29 is 32.6 Å². The minimum absolute atomic E-state index is 0.0399. The molecule has 0 radical (unpaired) electrons. The number of hydrogen-bond acceptors (Lipinski definition) is 4. The third-order valence-corrected chi connectivity index (χ3v) is 4.88. The molecule has 2 aromatic carbocycles. The van der Waals surface area contributed by atoms with Gasteiger partial charge in [-0.3, -0.25) is 0 Å². The Hall–Kier alpha value is -2.87. The van der Waals surface area contributed by atoms with Crippen molar-refractivity contribution in [1.29, 1.82) is 0 Å². The lowest BCUT2D eigenvalue weighted by atomic mass is 9.86. The van der Waals surface area contributed by atoms with E-state index in [1.54, 1.807) is 6.92 Å². The van der Waals surface area contributed by atoms with E-state index in [0.29, 0.717) is 5.71 Å². The molecule has 0 saturated heterocycles. The lowest BCUT2D eigenvalue weighted by Crippen LogP contribution is -2.46. The fourth-order valence-corrected chi connectivity index (χ4v) is 3.26. The van der Waals surface area contributed by atoms with Crippen LogP contribution in [0, 0.1) is 6.92 Å². The van der Waals surface area contributed by atoms with Crippen molar-refractivity contribution in [2.45, 2.75) is 44.8 Å². The highest BCUT2D eigenvalue weighted by Crippen LogP contribution is 2.41. The van der Waals surface area contributed by atoms with Crippen molar-refractivity contribution in [3.63, 3.8) is 0 Å². The van der Waals surface area contributed by atoms with Gasteiger partial charge in [-0.25, -0.2) is 4.79 Å². The molecule has 0 saturated carbocycles. The molecule has 5 nitrogen and oxygen atoms in total. The Bertz CT molecular complexity index is 924. The number of ether oxygens (including phenoxy) is 1. The van der Waals surface area contributed by atoms with Gasteiger partial charge in [-0.05, 0) is 42.7 Å². The number of aryl methyl sites for hydroxylation is 1. The number of oxime groups is 1. The highest BCUT2D eigenvalue weighted by atomic mass is 19.4. The summed E-state index contributed by atoms with van der Waals surface area (Å²) < 4.78 is 44.7. The van der Waals surface area contributed by atoms with Crippen LogP contribution < -0.4 is 0 Å². The van der Waals surface area contributed by atoms with E-state index in [1.165, 1.54) is 12.1 Å². The first-order valence-electron chi connectivity index (χ1n) is 8.92. The molecule has 3 rings (SSSR count). The molecule has 0 amide bonds. The third kappa shape index (κ3) is 4.27. The summed E-state index contributed by atoms with van der Waals surface area (Å²) in [6.07, 6.45) is -5.70. The van der Waals surface area contributed by atoms with Gasteiger partial charge < -0.3 is 14.7 Å². The van der Waals surface area contributed by atoms with Crippen LogP contribution in [0.5, 0.6) is 0 Å². The molecule has 29 heavy (non-hydrogen) atoms. The molecule has 0 fully saturated rings. The summed E-state index contributed by atoms with van der Waals surface area (Å²) in [5.41, 5.74) is -0.180. The average molecular weight is 407 g/mol. The molecule has 2 atom stereocenters. The SMILES string of the molecule is CC1=NOC(C(=O)O)(C(OCc2ccccc2C)c2ccc(C(F)(F)F)cc2)C1. The standard InChI is InChI=1S/C21H20F3NO4/c1-13-5-3-4-6-16(13)12-28-18(20(19(26)27)11-14(2)25-29-20)15-7-9-17(10-8-15)21(22,23)24/h3-10,18H,11-12H2,1-2H3,(H,26,27). The van der Waals surface area contributed by atoms with E-state index >= 15 is 0 Å². The van der Waals surface area contributed by atoms with Gasteiger partial charge in [-0.1, -0.05) is 41.6 Å². The number of benzene rings is 2. The fraction of sp³-hybridized carbons (Fsp3) is 0.333. The van der Waals surface area contributed by atoms with Gasteiger partial charge >= 0.3 is 12.1 Å². The monoisotopic (exact) mass is 407 g/mol. The molecule has 1 heterocycles. The van der Waals surface area contributed by atoms with Gasteiger partial charge in [-0.15, -0.1) is 0 Å². The molecule has 1 aliphatic heterocycles. The van der Waals surface area contributed by atoms with Gasteiger partial charge in [0.05, 0.1) is 17.9 Å². The van der Waals surface area contributed by atoms with Crippen LogP contribution in [0.1, 0.15) is 41.7 Å². The van der Waals surface area contributed by atoms with Crippen LogP contribution in [0.4, 0.5) is 13.2 Å². The molecule has 154 valence electrons. The maximum atomic E-state index is 12.9. The second-order valence-electron chi connectivity index (χ2n) is 7.03. The van der Waals surface area contributed by atoms with Gasteiger partial charge in [-0.2, -0.15) is 13.2 Å². The van der Waals surface area contributed by atoms with Crippen molar-refractivity contribution in [2.24, 2.45) is 5.16 Å². The first-order valence-corrected chi connectivity index (χ1v) is 8.92. The number of carboxylic acids is 1. The number of rotatable bonds is 6. The lowest BCUT2D eigenvalue weighted by Gasteiger charge is -2.32. The van der Waals surface area contributed by atoms with Crippen LogP contribution in [0.2, 0.25) is 0 Å². The molecule has 0 bridgehead atoms. The van der Waals surface area contributed by atoms with Crippen molar-refractivity contribution >= 4 is 11.7 Å². The summed E-state index contributed by atoms with van der Waals surface area (Å²) in [5, 5.41) is 13.7. The quantitative estimate of drug-likeness (QED) is 0.740. The Morgan fingerprint density at radius 3 is 2.38 bits per heavy atom. The Kier molecular flexibility index (Phi) is 5.66. The maximum Gasteiger partial charge on any atom is 0.416 e. The van der Waals surface area contributed by atoms with Gasteiger partial charge in [0.25, 0.3) is 5.60 Å². The van der Waals surface area contributed by atoms with Crippen LogP contribution in [0.3, 0.4) is 0 Å². The molecule has 1 N–H and O–H groups in total. The van der Waals surface area contributed by atoms with Gasteiger partial charge in [0, 0.05) is 6.42 Å². The number of alkyl halides is 3. The highest BCUT2D eigenvalue weighted by Gasteiger charge is 2.54. The van der Waals surface area contributed by atoms with Crippen molar-refractivity contribution in [1.82, 2.24) is 0 Å². The summed E-state index contributed by atoms with van der Waals surface area (Å²) in [6, 6.07) is 11.6. The number of halogens is 3. The zero-order chi connectivity index (χ0) is 21.2. The van der Waals surface area contributed by atoms with E-state index in [9.17, 15) is 23.1 Å². The van der Waals surface area contributed by atoms with E-state index in [-0.39, 0.29) is 18.6 Å². The minimum atomic E-state index is -4.50. The van der Waals surface area contributed by atoms with E-state index in [0.717, 1.165) is 23.3 Å². The Labute approximate surface area is 165 Å². The van der Waals surface area contributed by atoms with Crippen LogP contribution in [0.25, 0.3) is 0 Å². The van der Waals surface area contributed by atoms with Crippen LogP contribution >= 0.6 is 0 Å². The molecule has 0 spiro atoms. The number of hydrogen-bond donors (Lipinski definition) is 1. The van der Waals surface area contributed by atoms with Crippen molar-refractivity contribution in [3.05, 3.63) is 70.8 Å². The van der Waals surface area contributed by atoms with Crippen LogP contribution in [-0.2, 0) is 27.2 Å². The first kappa shape index (κ1) is 20.9. The number of aliphatic carboxylic acids is 1. The minimum Gasteiger partial charge on any atom is -0.478 e. The normalized spacial score (nSPS) is 20.1. The summed E-state index contributed by atoms with van der Waals surface area (Å²) in [4.78, 5) is 17.4. The topological polar surface area (TPSA) is 68.1 Å². The zero-order valence-corrected chi connectivity index (χ0v) is 15.9. The van der Waals surface area contributed by atoms with E-state index in [4.69, 9.17) is 9.57 Å². The molecule has 2 aromatic rings. The maximum absolute atomic E-state index is 12.9. The molecular formula is C21H20F3NO4. The molecule has 2 unspecified atom stereocenters. The second-order valence-corrected chi connectivity index (χ2v) is 7.03. The van der Waals surface area contributed by atoms with Crippen molar-refractivity contribution in [3.8, 4) is 0 Å². The molecule has 1 aliphatic rings. The number of nitrogens with zero attached hydrogens (tertiary/aromatic N) is 1. The predicted molar refractivity (Wildman–Crippen MR) is 99.3 cm³/mol. The summed E-state index contributed by atoms with van der Waals surface area (Å²) in [7, 11) is 0. The van der Waals surface area contributed by atoms with Gasteiger partial charge in [0.2, 0.25) is 0 Å². The predicted octanol–water partition coefficient (Wildman–Crippen LogP) is 4.89. The largest absolute Gasteiger partial charge is 0.478 e. The lowest BCUT2D eigenvalue weighted by molar-refractivity contribution is -0.187. The van der Waals surface area contributed by atoms with E-state index < -0.39 is 29.4 Å². The highest BCUT2D eigenvalue weighted by molar-refractivity contribution is 5.92. The number of carboxylic acid groups (broad SMARTS) is 1. The third-order valence-electron chi connectivity index (χ3n) is 4.88. The average Bonchev–Trinajstić information content (AvgIpc) is 3.06. The van der Waals surface area contributed by atoms with E-state index in [1.807, 2.05) is 31.2 Å². The zero-order valence-electron chi connectivity index (χ0n) is 15.9. The molecule has 8 heteroatoms. The Morgan fingerprint density at radius 2 is 1.86 bits per heavy atom. The van der Waals surface area contributed by atoms with Crippen LogP contribution in [-0.4, -0.2) is 22.4 Å². The summed E-state index contributed by atoms with van der Waals surface area (Å²) >= 11 is 0. The second kappa shape index (κ2) is 7.87. The molecule has 0 aromatic heterocycles.